The van der Waals surface area contributed by atoms with E-state index in [2.05, 4.69) is 10.7 Å². The Morgan fingerprint density at radius 1 is 1.71 bits per heavy atom. The minimum Gasteiger partial charge on any atom is -0.469 e. The fraction of sp³-hybridized carbons (Fsp3) is 0.700. The molecule has 78 valence electrons. The molecule has 0 aromatic carbocycles. The second-order valence-corrected chi connectivity index (χ2v) is 3.04. The molecule has 1 heterocycles. The number of hydrogen-bond donors (Lipinski definition) is 0. The summed E-state index contributed by atoms with van der Waals surface area (Å²) in [6, 6.07) is 0. The summed E-state index contributed by atoms with van der Waals surface area (Å²) in [4.78, 5) is 10.9. The topological polar surface area (TPSA) is 44.8 Å². The van der Waals surface area contributed by atoms with Crippen LogP contribution in [0.1, 0.15) is 19.3 Å². The highest BCUT2D eigenvalue weighted by atomic mass is 16.7. The number of esters is 1. The first kappa shape index (κ1) is 11.0. The molecule has 1 saturated heterocycles. The number of rotatable bonds is 3. The summed E-state index contributed by atoms with van der Waals surface area (Å²) in [6.07, 6.45) is 6.13. The van der Waals surface area contributed by atoms with Gasteiger partial charge in [-0.2, -0.15) is 0 Å². The van der Waals surface area contributed by atoms with Crippen LogP contribution >= 0.6 is 0 Å². The van der Waals surface area contributed by atoms with Gasteiger partial charge < -0.3 is 14.2 Å². The Bertz CT molecular complexity index is 231. The van der Waals surface area contributed by atoms with Crippen molar-refractivity contribution in [1.29, 1.82) is 0 Å². The van der Waals surface area contributed by atoms with E-state index in [4.69, 9.17) is 15.9 Å². The van der Waals surface area contributed by atoms with Crippen LogP contribution < -0.4 is 0 Å². The number of methoxy groups -OCH3 is 1. The van der Waals surface area contributed by atoms with Crippen LogP contribution in [0.25, 0.3) is 0 Å². The standard InChI is InChI=1S/C10H14O4/c1-3-4-8-5-6-13-10(14-8)7-9(11)12-2/h1,8,10H,4-7H2,2H3/t8-,10-/m0/s1. The highest BCUT2D eigenvalue weighted by molar-refractivity contribution is 5.69. The summed E-state index contributed by atoms with van der Waals surface area (Å²) < 4.78 is 15.2. The molecule has 0 radical (unpaired) electrons. The van der Waals surface area contributed by atoms with Gasteiger partial charge in [0.1, 0.15) is 0 Å². The highest BCUT2D eigenvalue weighted by Gasteiger charge is 2.24. The highest BCUT2D eigenvalue weighted by Crippen LogP contribution is 2.17. The van der Waals surface area contributed by atoms with Gasteiger partial charge in [-0.15, -0.1) is 12.3 Å². The molecule has 4 nitrogen and oxygen atoms in total. The Labute approximate surface area is 83.5 Å². The first-order chi connectivity index (χ1) is 6.76. The summed E-state index contributed by atoms with van der Waals surface area (Å²) in [5, 5.41) is 0. The largest absolute Gasteiger partial charge is 0.469 e. The average molecular weight is 198 g/mol. The van der Waals surface area contributed by atoms with Crippen molar-refractivity contribution < 1.29 is 19.0 Å². The van der Waals surface area contributed by atoms with E-state index < -0.39 is 6.29 Å². The minimum absolute atomic E-state index is 0.00315. The molecule has 0 aliphatic carbocycles. The lowest BCUT2D eigenvalue weighted by Gasteiger charge is -2.28. The lowest BCUT2D eigenvalue weighted by Crippen LogP contribution is -2.33. The Morgan fingerprint density at radius 3 is 3.14 bits per heavy atom. The van der Waals surface area contributed by atoms with E-state index in [9.17, 15) is 4.79 Å². The fourth-order valence-corrected chi connectivity index (χ4v) is 1.26. The van der Waals surface area contributed by atoms with Crippen LogP contribution in [-0.4, -0.2) is 32.1 Å². The Balaban J connectivity index is 2.33. The maximum Gasteiger partial charge on any atom is 0.310 e. The van der Waals surface area contributed by atoms with Gasteiger partial charge in [-0.1, -0.05) is 0 Å². The number of carbonyl (C=O) groups excluding carboxylic acids is 1. The molecule has 1 aliphatic heterocycles. The van der Waals surface area contributed by atoms with E-state index in [1.165, 1.54) is 7.11 Å². The molecule has 0 saturated carbocycles. The van der Waals surface area contributed by atoms with Gasteiger partial charge in [0.25, 0.3) is 0 Å². The maximum absolute atomic E-state index is 10.9. The predicted octanol–water partition coefficient (Wildman–Crippen LogP) is 0.704. The monoisotopic (exact) mass is 198 g/mol. The molecule has 1 rings (SSSR count). The SMILES string of the molecule is C#CC[C@H]1CCO[C@H](CC(=O)OC)O1. The van der Waals surface area contributed by atoms with Crippen molar-refractivity contribution >= 4 is 5.97 Å². The van der Waals surface area contributed by atoms with Gasteiger partial charge in [-0.25, -0.2) is 0 Å². The van der Waals surface area contributed by atoms with Crippen LogP contribution in [0, 0.1) is 12.3 Å². The maximum atomic E-state index is 10.9. The quantitative estimate of drug-likeness (QED) is 0.494. The molecule has 0 aromatic rings. The van der Waals surface area contributed by atoms with Gasteiger partial charge in [-0.05, 0) is 6.42 Å². The van der Waals surface area contributed by atoms with E-state index in [-0.39, 0.29) is 18.5 Å². The van der Waals surface area contributed by atoms with Crippen LogP contribution in [0.2, 0.25) is 0 Å². The summed E-state index contributed by atoms with van der Waals surface area (Å²) in [7, 11) is 1.34. The lowest BCUT2D eigenvalue weighted by molar-refractivity contribution is -0.216. The first-order valence-corrected chi connectivity index (χ1v) is 4.53. The number of ether oxygens (including phenoxy) is 3. The molecular formula is C10H14O4. The molecule has 4 heteroatoms. The van der Waals surface area contributed by atoms with Gasteiger partial charge in [0.2, 0.25) is 0 Å². The number of hydrogen-bond acceptors (Lipinski definition) is 4. The Hall–Kier alpha value is -1.05. The Kier molecular flexibility index (Phi) is 4.44. The number of terminal acetylenes is 1. The summed E-state index contributed by atoms with van der Waals surface area (Å²) >= 11 is 0. The summed E-state index contributed by atoms with van der Waals surface area (Å²) in [5.74, 6) is 2.19. The van der Waals surface area contributed by atoms with Crippen LogP contribution in [0.4, 0.5) is 0 Å². The van der Waals surface area contributed by atoms with Crippen LogP contribution in [0.15, 0.2) is 0 Å². The molecule has 14 heavy (non-hydrogen) atoms. The van der Waals surface area contributed by atoms with Gasteiger partial charge in [-0.3, -0.25) is 4.79 Å². The molecular weight excluding hydrogens is 184 g/mol. The summed E-state index contributed by atoms with van der Waals surface area (Å²) in [6.45, 7) is 0.577. The zero-order valence-corrected chi connectivity index (χ0v) is 8.19. The van der Waals surface area contributed by atoms with E-state index in [0.29, 0.717) is 13.0 Å². The second-order valence-electron chi connectivity index (χ2n) is 3.04. The third-order valence-electron chi connectivity index (χ3n) is 1.99. The van der Waals surface area contributed by atoms with Crippen molar-refractivity contribution in [2.45, 2.75) is 31.7 Å². The van der Waals surface area contributed by atoms with Crippen molar-refractivity contribution in [2.75, 3.05) is 13.7 Å². The van der Waals surface area contributed by atoms with Crippen molar-refractivity contribution in [1.82, 2.24) is 0 Å². The molecule has 2 atom stereocenters. The van der Waals surface area contributed by atoms with Gasteiger partial charge in [0, 0.05) is 6.42 Å². The van der Waals surface area contributed by atoms with E-state index in [0.717, 1.165) is 6.42 Å². The van der Waals surface area contributed by atoms with Crippen molar-refractivity contribution in [2.24, 2.45) is 0 Å². The molecule has 0 N–H and O–H groups in total. The van der Waals surface area contributed by atoms with Crippen LogP contribution in [-0.2, 0) is 19.0 Å². The second kappa shape index (κ2) is 5.63. The third-order valence-corrected chi connectivity index (χ3v) is 1.99. The predicted molar refractivity (Wildman–Crippen MR) is 49.3 cm³/mol. The number of carbonyl (C=O) groups is 1. The smallest absolute Gasteiger partial charge is 0.310 e. The third kappa shape index (κ3) is 3.36. The van der Waals surface area contributed by atoms with Crippen molar-refractivity contribution in [3.63, 3.8) is 0 Å². The van der Waals surface area contributed by atoms with Crippen LogP contribution in [0.5, 0.6) is 0 Å². The van der Waals surface area contributed by atoms with Gasteiger partial charge >= 0.3 is 5.97 Å². The fourth-order valence-electron chi connectivity index (χ4n) is 1.26. The zero-order chi connectivity index (χ0) is 10.4. The van der Waals surface area contributed by atoms with E-state index in [1.807, 2.05) is 0 Å². The molecule has 0 unspecified atom stereocenters. The van der Waals surface area contributed by atoms with Crippen molar-refractivity contribution in [3.8, 4) is 12.3 Å². The van der Waals surface area contributed by atoms with Gasteiger partial charge in [0.05, 0.1) is 26.2 Å². The molecule has 0 amide bonds. The summed E-state index contributed by atoms with van der Waals surface area (Å²) in [5.41, 5.74) is 0. The van der Waals surface area contributed by atoms with Crippen LogP contribution in [0.3, 0.4) is 0 Å². The van der Waals surface area contributed by atoms with E-state index in [1.54, 1.807) is 0 Å². The van der Waals surface area contributed by atoms with Crippen molar-refractivity contribution in [3.05, 3.63) is 0 Å². The first-order valence-electron chi connectivity index (χ1n) is 4.53. The zero-order valence-electron chi connectivity index (χ0n) is 8.19. The van der Waals surface area contributed by atoms with E-state index >= 15 is 0 Å². The molecule has 1 fully saturated rings. The minimum atomic E-state index is -0.505. The normalized spacial score (nSPS) is 26.6. The molecule has 0 bridgehead atoms. The van der Waals surface area contributed by atoms with Gasteiger partial charge in [0.15, 0.2) is 6.29 Å². The molecule has 0 spiro atoms. The average Bonchev–Trinajstić information content (AvgIpc) is 2.19. The lowest BCUT2D eigenvalue weighted by atomic mass is 10.2. The molecule has 1 aliphatic rings. The molecule has 0 aromatic heterocycles. The Morgan fingerprint density at radius 2 is 2.50 bits per heavy atom.